The number of nitrogens with zero attached hydrogens (tertiary/aromatic N) is 3. The maximum Gasteiger partial charge on any atom is 0.135 e. The van der Waals surface area contributed by atoms with E-state index in [1.807, 2.05) is 0 Å². The highest BCUT2D eigenvalue weighted by atomic mass is 16.5. The van der Waals surface area contributed by atoms with Crippen molar-refractivity contribution in [3.05, 3.63) is 282 Å². The van der Waals surface area contributed by atoms with Crippen LogP contribution in [0.3, 0.4) is 0 Å². The van der Waals surface area contributed by atoms with Gasteiger partial charge in [-0.15, -0.1) is 0 Å². The number of para-hydroxylation sites is 6. The normalized spacial score (nSPS) is 21.0. The van der Waals surface area contributed by atoms with Crippen molar-refractivity contribution in [1.29, 1.82) is 0 Å². The average molecular weight is 850 g/mol. The van der Waals surface area contributed by atoms with Crippen LogP contribution in [-0.2, 0) is 10.2 Å². The zero-order valence-corrected chi connectivity index (χ0v) is 36.7. The summed E-state index contributed by atoms with van der Waals surface area (Å²) in [7, 11) is 0. The van der Waals surface area contributed by atoms with E-state index in [-0.39, 0.29) is 18.0 Å². The van der Waals surface area contributed by atoms with Gasteiger partial charge in [-0.05, 0) is 125 Å². The molecule has 0 saturated carbocycles. The van der Waals surface area contributed by atoms with Crippen LogP contribution in [0, 0.1) is 5.92 Å². The van der Waals surface area contributed by atoms with Crippen LogP contribution >= 0.6 is 0 Å². The molecule has 66 heavy (non-hydrogen) atoms. The number of hydrogen-bond acceptors (Lipinski definition) is 4. The third kappa shape index (κ3) is 5.64. The van der Waals surface area contributed by atoms with E-state index in [9.17, 15) is 0 Å². The van der Waals surface area contributed by atoms with Gasteiger partial charge in [-0.3, -0.25) is 0 Å². The van der Waals surface area contributed by atoms with E-state index in [2.05, 4.69) is 270 Å². The van der Waals surface area contributed by atoms with Crippen LogP contribution in [0.5, 0.6) is 0 Å². The molecule has 1 saturated heterocycles. The molecular formula is C62H47N3O. The molecule has 13 rings (SSSR count). The Balaban J connectivity index is 1.04. The number of fused-ring (bicyclic) bond motifs is 12. The number of anilines is 7. The summed E-state index contributed by atoms with van der Waals surface area (Å²) in [6, 6.07) is 77.6. The lowest BCUT2D eigenvalue weighted by atomic mass is 9.64. The predicted molar refractivity (Wildman–Crippen MR) is 271 cm³/mol. The van der Waals surface area contributed by atoms with Crippen LogP contribution in [-0.4, -0.2) is 17.7 Å². The Hall–Kier alpha value is -8.08. The van der Waals surface area contributed by atoms with Gasteiger partial charge in [0.15, 0.2) is 0 Å². The summed E-state index contributed by atoms with van der Waals surface area (Å²) in [6.07, 6.45) is 13.7. The molecule has 8 aromatic rings. The number of ether oxygens (including phenoxy) is 1. The van der Waals surface area contributed by atoms with Crippen molar-refractivity contribution in [3.63, 3.8) is 0 Å². The minimum absolute atomic E-state index is 0.0996. The Kier molecular flexibility index (Phi) is 8.73. The second-order valence-corrected chi connectivity index (χ2v) is 18.1. The summed E-state index contributed by atoms with van der Waals surface area (Å²) in [5, 5.41) is 0. The summed E-state index contributed by atoms with van der Waals surface area (Å²) in [5.74, 6) is 1.05. The Morgan fingerprint density at radius 3 is 1.58 bits per heavy atom. The Morgan fingerprint density at radius 1 is 0.455 bits per heavy atom. The molecule has 0 N–H and O–H groups in total. The first-order chi connectivity index (χ1) is 32.6. The van der Waals surface area contributed by atoms with E-state index < -0.39 is 11.0 Å². The SMILES string of the molecule is CC12C=CC=CC1C1=CC(N(c3ccccc3)c3ccccc3)C(N(c3ccccc3)c3ccc4c(c3)-c3ccccc3C43c4ccccc4N(c4ccccc4)c4ccccc43)C=C1O2. The van der Waals surface area contributed by atoms with E-state index in [0.717, 1.165) is 34.2 Å². The number of rotatable bonds is 7. The topological polar surface area (TPSA) is 19.0 Å². The molecule has 8 aromatic carbocycles. The van der Waals surface area contributed by atoms with Gasteiger partial charge in [0.2, 0.25) is 0 Å². The minimum Gasteiger partial charge on any atom is -0.482 e. The molecule has 3 aliphatic carbocycles. The van der Waals surface area contributed by atoms with Gasteiger partial charge < -0.3 is 19.4 Å². The summed E-state index contributed by atoms with van der Waals surface area (Å²) in [5.41, 5.74) is 15.9. The highest BCUT2D eigenvalue weighted by Crippen LogP contribution is 2.64. The van der Waals surface area contributed by atoms with Gasteiger partial charge in [0.1, 0.15) is 11.4 Å². The Bertz CT molecular complexity index is 3200. The van der Waals surface area contributed by atoms with Crippen molar-refractivity contribution < 1.29 is 4.74 Å². The molecule has 4 heteroatoms. The van der Waals surface area contributed by atoms with Gasteiger partial charge in [-0.2, -0.15) is 0 Å². The molecular weight excluding hydrogens is 803 g/mol. The second kappa shape index (κ2) is 15.0. The van der Waals surface area contributed by atoms with Gasteiger partial charge in [-0.1, -0.05) is 164 Å². The first kappa shape index (κ1) is 38.4. The molecule has 5 aliphatic rings. The summed E-state index contributed by atoms with van der Waals surface area (Å²) in [6.45, 7) is 2.22. The van der Waals surface area contributed by atoms with Crippen LogP contribution in [0.15, 0.2) is 260 Å². The third-order valence-corrected chi connectivity index (χ3v) is 14.5. The van der Waals surface area contributed by atoms with Crippen molar-refractivity contribution in [2.75, 3.05) is 14.7 Å². The largest absolute Gasteiger partial charge is 0.482 e. The van der Waals surface area contributed by atoms with Crippen molar-refractivity contribution in [2.24, 2.45) is 5.92 Å². The fourth-order valence-electron chi connectivity index (χ4n) is 11.8. The minimum atomic E-state index is -0.546. The molecule has 316 valence electrons. The number of allylic oxidation sites excluding steroid dienone is 3. The summed E-state index contributed by atoms with van der Waals surface area (Å²) >= 11 is 0. The molecule has 4 atom stereocenters. The Morgan fingerprint density at radius 2 is 0.955 bits per heavy atom. The van der Waals surface area contributed by atoms with Crippen molar-refractivity contribution in [3.8, 4) is 11.1 Å². The third-order valence-electron chi connectivity index (χ3n) is 14.5. The van der Waals surface area contributed by atoms with E-state index in [0.29, 0.717) is 0 Å². The fraction of sp³-hybridized carbons (Fsp3) is 0.0968. The zero-order chi connectivity index (χ0) is 43.8. The van der Waals surface area contributed by atoms with Crippen LogP contribution in [0.4, 0.5) is 39.8 Å². The average Bonchev–Trinajstić information content (AvgIpc) is 3.84. The molecule has 2 aliphatic heterocycles. The van der Waals surface area contributed by atoms with Gasteiger partial charge in [0, 0.05) is 39.9 Å². The lowest BCUT2D eigenvalue weighted by molar-refractivity contribution is 0.0828. The molecule has 0 aromatic heterocycles. The predicted octanol–water partition coefficient (Wildman–Crippen LogP) is 14.9. The quantitative estimate of drug-likeness (QED) is 0.159. The molecule has 2 heterocycles. The standard InChI is InChI=1S/C62H47N3O/c1-61-39-21-20-31-51(61)50-41-58(63(43-22-6-2-7-23-43)44-24-8-3-9-25-44)59(42-60(50)66-61)64(45-26-10-4-11-27-45)47-37-38-53-49(40-47)48-30-14-15-32-52(48)62(53)54-33-16-18-35-56(54)65(46-28-12-5-13-29-46)57-36-19-17-34-55(57)62/h2-42,51,58-59H,1H3. The molecule has 1 spiro atoms. The highest BCUT2D eigenvalue weighted by molar-refractivity contribution is 5.96. The van der Waals surface area contributed by atoms with Crippen LogP contribution in [0.2, 0.25) is 0 Å². The number of benzene rings is 8. The zero-order valence-electron chi connectivity index (χ0n) is 36.7. The van der Waals surface area contributed by atoms with Crippen LogP contribution in [0.25, 0.3) is 11.1 Å². The highest BCUT2D eigenvalue weighted by Gasteiger charge is 2.53. The summed E-state index contributed by atoms with van der Waals surface area (Å²) < 4.78 is 7.06. The van der Waals surface area contributed by atoms with E-state index in [1.54, 1.807) is 0 Å². The van der Waals surface area contributed by atoms with E-state index >= 15 is 0 Å². The molecule has 0 radical (unpaired) electrons. The first-order valence-corrected chi connectivity index (χ1v) is 23.1. The lowest BCUT2D eigenvalue weighted by Crippen LogP contribution is -2.49. The van der Waals surface area contributed by atoms with Gasteiger partial charge >= 0.3 is 0 Å². The molecule has 4 unspecified atom stereocenters. The van der Waals surface area contributed by atoms with Crippen LogP contribution in [0.1, 0.15) is 29.2 Å². The lowest BCUT2D eigenvalue weighted by Gasteiger charge is -2.45. The molecule has 1 fully saturated rings. The number of hydrogen-bond donors (Lipinski definition) is 0. The van der Waals surface area contributed by atoms with Crippen molar-refractivity contribution >= 4 is 39.8 Å². The van der Waals surface area contributed by atoms with Crippen molar-refractivity contribution in [1.82, 2.24) is 0 Å². The molecule has 4 nitrogen and oxygen atoms in total. The Labute approximate surface area is 387 Å². The van der Waals surface area contributed by atoms with Gasteiger partial charge in [0.05, 0.1) is 28.9 Å². The molecule has 0 bridgehead atoms. The van der Waals surface area contributed by atoms with E-state index in [1.165, 1.54) is 50.3 Å². The monoisotopic (exact) mass is 849 g/mol. The van der Waals surface area contributed by atoms with Gasteiger partial charge in [0.25, 0.3) is 0 Å². The second-order valence-electron chi connectivity index (χ2n) is 18.1. The van der Waals surface area contributed by atoms with Gasteiger partial charge in [-0.25, -0.2) is 0 Å². The maximum absolute atomic E-state index is 7.06. The first-order valence-electron chi connectivity index (χ1n) is 23.1. The van der Waals surface area contributed by atoms with E-state index in [4.69, 9.17) is 4.74 Å². The maximum atomic E-state index is 7.06. The van der Waals surface area contributed by atoms with Crippen LogP contribution < -0.4 is 14.7 Å². The smallest absolute Gasteiger partial charge is 0.135 e. The fourth-order valence-corrected chi connectivity index (χ4v) is 11.8. The van der Waals surface area contributed by atoms with Crippen molar-refractivity contribution in [2.45, 2.75) is 30.0 Å². The molecule has 0 amide bonds. The summed E-state index contributed by atoms with van der Waals surface area (Å²) in [4.78, 5) is 7.51.